The number of nitrogens with zero attached hydrogens (tertiary/aromatic N) is 1. The second kappa shape index (κ2) is 5.82. The van der Waals surface area contributed by atoms with E-state index in [1.165, 1.54) is 12.3 Å². The van der Waals surface area contributed by atoms with Gasteiger partial charge < -0.3 is 15.4 Å². The Morgan fingerprint density at radius 3 is 2.91 bits per heavy atom. The molecule has 1 aromatic heterocycles. The van der Waals surface area contributed by atoms with E-state index in [2.05, 4.69) is 15.6 Å². The molecular weight excluding hydrogens is 329 g/mol. The third-order valence-electron chi connectivity index (χ3n) is 2.93. The standard InChI is InChI=1S/C14H9Cl2N3O3/c15-9-3-7(5-17-13(9)16)14(21)18-8-1-2-11-10(4-8)19-12(20)6-22-11/h1-5H,6H2,(H,18,21)(H,19,20). The zero-order chi connectivity index (χ0) is 15.7. The van der Waals surface area contributed by atoms with Gasteiger partial charge in [-0.15, -0.1) is 0 Å². The number of benzene rings is 1. The Balaban J connectivity index is 1.80. The van der Waals surface area contributed by atoms with E-state index in [4.69, 9.17) is 27.9 Å². The fourth-order valence-electron chi connectivity index (χ4n) is 1.91. The molecule has 1 aliphatic heterocycles. The lowest BCUT2D eigenvalue weighted by atomic mass is 10.2. The van der Waals surface area contributed by atoms with Gasteiger partial charge in [-0.2, -0.15) is 0 Å². The summed E-state index contributed by atoms with van der Waals surface area (Å²) >= 11 is 11.5. The van der Waals surface area contributed by atoms with Gasteiger partial charge in [0.15, 0.2) is 6.61 Å². The molecule has 0 saturated heterocycles. The van der Waals surface area contributed by atoms with Crippen LogP contribution in [0, 0.1) is 0 Å². The second-order valence-corrected chi connectivity index (χ2v) is 5.26. The van der Waals surface area contributed by atoms with Crippen molar-refractivity contribution in [2.24, 2.45) is 0 Å². The second-order valence-electron chi connectivity index (χ2n) is 4.50. The van der Waals surface area contributed by atoms with Crippen molar-refractivity contribution in [3.8, 4) is 5.75 Å². The van der Waals surface area contributed by atoms with E-state index in [1.807, 2.05) is 0 Å². The van der Waals surface area contributed by atoms with E-state index in [0.717, 1.165) is 0 Å². The van der Waals surface area contributed by atoms with Crippen LogP contribution in [0.3, 0.4) is 0 Å². The number of ether oxygens (including phenoxy) is 1. The monoisotopic (exact) mass is 337 g/mol. The summed E-state index contributed by atoms with van der Waals surface area (Å²) in [5.74, 6) is -0.0902. The number of rotatable bonds is 2. The molecule has 2 N–H and O–H groups in total. The zero-order valence-electron chi connectivity index (χ0n) is 11.0. The number of hydrogen-bond acceptors (Lipinski definition) is 4. The molecule has 112 valence electrons. The first-order valence-corrected chi connectivity index (χ1v) is 6.97. The first-order valence-electron chi connectivity index (χ1n) is 6.22. The van der Waals surface area contributed by atoms with Crippen LogP contribution in [0.25, 0.3) is 0 Å². The molecule has 0 atom stereocenters. The number of anilines is 2. The highest BCUT2D eigenvalue weighted by atomic mass is 35.5. The Labute approximate surface area is 135 Å². The van der Waals surface area contributed by atoms with Gasteiger partial charge in [0.05, 0.1) is 16.3 Å². The maximum atomic E-state index is 12.1. The molecule has 1 aliphatic rings. The number of fused-ring (bicyclic) bond motifs is 1. The van der Waals surface area contributed by atoms with Crippen LogP contribution in [0.1, 0.15) is 10.4 Å². The van der Waals surface area contributed by atoms with Crippen LogP contribution in [0.2, 0.25) is 10.2 Å². The van der Waals surface area contributed by atoms with Gasteiger partial charge >= 0.3 is 0 Å². The quantitative estimate of drug-likeness (QED) is 0.825. The summed E-state index contributed by atoms with van der Waals surface area (Å²) in [5.41, 5.74) is 1.27. The Morgan fingerprint density at radius 1 is 1.32 bits per heavy atom. The molecule has 3 rings (SSSR count). The van der Waals surface area contributed by atoms with Gasteiger partial charge in [-0.3, -0.25) is 9.59 Å². The van der Waals surface area contributed by atoms with Gasteiger partial charge in [0, 0.05) is 11.9 Å². The third-order valence-corrected chi connectivity index (χ3v) is 3.61. The Morgan fingerprint density at radius 2 is 2.14 bits per heavy atom. The lowest BCUT2D eigenvalue weighted by Gasteiger charge is -2.18. The molecule has 0 unspecified atom stereocenters. The molecule has 8 heteroatoms. The maximum Gasteiger partial charge on any atom is 0.262 e. The smallest absolute Gasteiger partial charge is 0.262 e. The summed E-state index contributed by atoms with van der Waals surface area (Å²) in [7, 11) is 0. The molecule has 2 amide bonds. The average Bonchev–Trinajstić information content (AvgIpc) is 2.49. The van der Waals surface area contributed by atoms with E-state index in [1.54, 1.807) is 18.2 Å². The number of carbonyl (C=O) groups excluding carboxylic acids is 2. The van der Waals surface area contributed by atoms with Gasteiger partial charge in [0.2, 0.25) is 0 Å². The van der Waals surface area contributed by atoms with Gasteiger partial charge in [0.25, 0.3) is 11.8 Å². The van der Waals surface area contributed by atoms with Crippen molar-refractivity contribution in [1.82, 2.24) is 4.98 Å². The normalized spacial score (nSPS) is 12.9. The summed E-state index contributed by atoms with van der Waals surface area (Å²) < 4.78 is 5.24. The largest absolute Gasteiger partial charge is 0.482 e. The number of carbonyl (C=O) groups is 2. The van der Waals surface area contributed by atoms with Crippen LogP contribution in [-0.2, 0) is 4.79 Å². The Bertz CT molecular complexity index is 780. The fourth-order valence-corrected chi connectivity index (χ4v) is 2.18. The van der Waals surface area contributed by atoms with Crippen molar-refractivity contribution in [2.45, 2.75) is 0 Å². The molecule has 0 radical (unpaired) electrons. The predicted octanol–water partition coefficient (Wildman–Crippen LogP) is 2.97. The summed E-state index contributed by atoms with van der Waals surface area (Å²) in [6, 6.07) is 6.36. The number of halogens is 2. The van der Waals surface area contributed by atoms with Crippen molar-refractivity contribution in [1.29, 1.82) is 0 Å². The first kappa shape index (κ1) is 14.6. The highest BCUT2D eigenvalue weighted by Gasteiger charge is 2.17. The van der Waals surface area contributed by atoms with Gasteiger partial charge in [0.1, 0.15) is 10.9 Å². The van der Waals surface area contributed by atoms with E-state index in [0.29, 0.717) is 17.1 Å². The topological polar surface area (TPSA) is 80.3 Å². The van der Waals surface area contributed by atoms with Crippen molar-refractivity contribution < 1.29 is 14.3 Å². The molecule has 6 nitrogen and oxygen atoms in total. The molecule has 0 bridgehead atoms. The average molecular weight is 338 g/mol. The summed E-state index contributed by atoms with van der Waals surface area (Å²) in [6.45, 7) is -0.0202. The van der Waals surface area contributed by atoms with Crippen molar-refractivity contribution in [2.75, 3.05) is 17.2 Å². The first-order chi connectivity index (χ1) is 10.5. The van der Waals surface area contributed by atoms with Gasteiger partial charge in [-0.05, 0) is 24.3 Å². The minimum Gasteiger partial charge on any atom is -0.482 e. The summed E-state index contributed by atoms with van der Waals surface area (Å²) in [5, 5.41) is 5.67. The van der Waals surface area contributed by atoms with Gasteiger partial charge in [-0.25, -0.2) is 4.98 Å². The minimum absolute atomic E-state index is 0.0202. The fraction of sp³-hybridized carbons (Fsp3) is 0.0714. The molecule has 0 aliphatic carbocycles. The van der Waals surface area contributed by atoms with Crippen LogP contribution in [-0.4, -0.2) is 23.4 Å². The van der Waals surface area contributed by atoms with E-state index < -0.39 is 5.91 Å². The number of aromatic nitrogens is 1. The van der Waals surface area contributed by atoms with E-state index in [9.17, 15) is 9.59 Å². The minimum atomic E-state index is -0.394. The third kappa shape index (κ3) is 2.98. The molecule has 2 heterocycles. The van der Waals surface area contributed by atoms with E-state index in [-0.39, 0.29) is 28.3 Å². The molecule has 22 heavy (non-hydrogen) atoms. The van der Waals surface area contributed by atoms with Gasteiger partial charge in [-0.1, -0.05) is 23.2 Å². The number of hydrogen-bond donors (Lipinski definition) is 2. The van der Waals surface area contributed by atoms with Crippen molar-refractivity contribution in [3.05, 3.63) is 46.2 Å². The van der Waals surface area contributed by atoms with Crippen LogP contribution in [0.5, 0.6) is 5.75 Å². The lowest BCUT2D eigenvalue weighted by molar-refractivity contribution is -0.118. The Hall–Kier alpha value is -2.31. The molecule has 0 spiro atoms. The van der Waals surface area contributed by atoms with Crippen LogP contribution in [0.4, 0.5) is 11.4 Å². The van der Waals surface area contributed by atoms with Crippen LogP contribution >= 0.6 is 23.2 Å². The van der Waals surface area contributed by atoms with Crippen LogP contribution in [0.15, 0.2) is 30.5 Å². The Kier molecular flexibility index (Phi) is 3.87. The number of pyridine rings is 1. The SMILES string of the molecule is O=C1COc2ccc(NC(=O)c3cnc(Cl)c(Cl)c3)cc2N1. The maximum absolute atomic E-state index is 12.1. The molecule has 2 aromatic rings. The summed E-state index contributed by atoms with van der Waals surface area (Å²) in [6.07, 6.45) is 1.33. The highest BCUT2D eigenvalue weighted by molar-refractivity contribution is 6.41. The molecule has 0 saturated carbocycles. The van der Waals surface area contributed by atoms with Crippen molar-refractivity contribution >= 4 is 46.4 Å². The highest BCUT2D eigenvalue weighted by Crippen LogP contribution is 2.30. The molecule has 0 fully saturated rings. The number of amides is 2. The lowest BCUT2D eigenvalue weighted by Crippen LogP contribution is -2.25. The predicted molar refractivity (Wildman–Crippen MR) is 82.8 cm³/mol. The number of nitrogens with one attached hydrogen (secondary N) is 2. The zero-order valence-corrected chi connectivity index (χ0v) is 12.5. The molecule has 1 aromatic carbocycles. The van der Waals surface area contributed by atoms with Crippen molar-refractivity contribution in [3.63, 3.8) is 0 Å². The summed E-state index contributed by atoms with van der Waals surface area (Å²) in [4.78, 5) is 27.2. The van der Waals surface area contributed by atoms with Crippen LogP contribution < -0.4 is 15.4 Å². The molecular formula is C14H9Cl2N3O3. The van der Waals surface area contributed by atoms with E-state index >= 15 is 0 Å².